The van der Waals surface area contributed by atoms with E-state index in [2.05, 4.69) is 23.6 Å². The number of thioether (sulfide) groups is 1. The fourth-order valence-electron chi connectivity index (χ4n) is 2.94. The molecule has 2 atom stereocenters. The van der Waals surface area contributed by atoms with Crippen molar-refractivity contribution in [3.05, 3.63) is 40.9 Å². The Hall–Kier alpha value is -1.51. The van der Waals surface area contributed by atoms with Gasteiger partial charge in [0.05, 0.1) is 9.90 Å². The van der Waals surface area contributed by atoms with Crippen LogP contribution < -0.4 is 10.6 Å². The highest BCUT2D eigenvalue weighted by atomic mass is 32.2. The topological polar surface area (TPSA) is 47.9 Å². The summed E-state index contributed by atoms with van der Waals surface area (Å²) in [6.07, 6.45) is 3.36. The van der Waals surface area contributed by atoms with Gasteiger partial charge in [-0.25, -0.2) is 0 Å². The maximum atomic E-state index is 9.40. The van der Waals surface area contributed by atoms with Gasteiger partial charge in [0, 0.05) is 5.69 Å². The first-order chi connectivity index (χ1) is 10.1. The lowest BCUT2D eigenvalue weighted by atomic mass is 10.1. The van der Waals surface area contributed by atoms with E-state index in [1.165, 1.54) is 6.42 Å². The van der Waals surface area contributed by atoms with E-state index < -0.39 is 0 Å². The molecule has 2 unspecified atom stereocenters. The molecule has 0 amide bonds. The predicted octanol–water partition coefficient (Wildman–Crippen LogP) is 4.01. The van der Waals surface area contributed by atoms with E-state index >= 15 is 0 Å². The second-order valence-corrected chi connectivity index (χ2v) is 7.51. The van der Waals surface area contributed by atoms with Gasteiger partial charge in [0.25, 0.3) is 0 Å². The Morgan fingerprint density at radius 2 is 2.19 bits per heavy atom. The van der Waals surface area contributed by atoms with E-state index in [0.717, 1.165) is 23.6 Å². The van der Waals surface area contributed by atoms with Crippen molar-refractivity contribution >= 4 is 34.7 Å². The number of benzene rings is 1. The summed E-state index contributed by atoms with van der Waals surface area (Å²) in [5, 5.41) is 17.1. The number of nitriles is 1. The zero-order chi connectivity index (χ0) is 14.9. The molecule has 1 aliphatic heterocycles. The van der Waals surface area contributed by atoms with Gasteiger partial charge in [0.15, 0.2) is 0 Å². The minimum absolute atomic E-state index is 0.0477. The van der Waals surface area contributed by atoms with Gasteiger partial charge in [-0.05, 0) is 37.3 Å². The first-order valence-corrected chi connectivity index (χ1v) is 8.32. The molecule has 1 aromatic carbocycles. The fraction of sp³-hybridized carbons (Fsp3) is 0.375. The summed E-state index contributed by atoms with van der Waals surface area (Å²) in [5.41, 5.74) is 1.53. The molecule has 1 spiro atoms. The molecule has 0 radical (unpaired) electrons. The van der Waals surface area contributed by atoms with Crippen LogP contribution in [-0.2, 0) is 0 Å². The molecule has 21 heavy (non-hydrogen) atoms. The molecule has 1 fully saturated rings. The Morgan fingerprint density at radius 3 is 2.81 bits per heavy atom. The van der Waals surface area contributed by atoms with Crippen LogP contribution in [0, 0.1) is 17.2 Å². The van der Waals surface area contributed by atoms with Crippen LogP contribution in [0.5, 0.6) is 0 Å². The summed E-state index contributed by atoms with van der Waals surface area (Å²) < 4.78 is 0. The molecule has 2 N–H and O–H groups in total. The number of hydrogen-bond acceptors (Lipinski definition) is 4. The first kappa shape index (κ1) is 14.4. The third-order valence-corrected chi connectivity index (χ3v) is 5.64. The third kappa shape index (κ3) is 2.92. The molecule has 0 saturated heterocycles. The number of rotatable bonds is 2. The lowest BCUT2D eigenvalue weighted by Crippen LogP contribution is -2.47. The van der Waals surface area contributed by atoms with Crippen LogP contribution >= 0.6 is 24.0 Å². The molecular weight excluding hydrogens is 298 g/mol. The Kier molecular flexibility index (Phi) is 3.92. The van der Waals surface area contributed by atoms with Gasteiger partial charge in [-0.1, -0.05) is 49.1 Å². The van der Waals surface area contributed by atoms with Crippen LogP contribution in [0.2, 0.25) is 0 Å². The SMILES string of the molecule is CC1CCC2(C1)NC(=S)C(C#N)=C(Nc1ccccc1)S2. The molecule has 108 valence electrons. The van der Waals surface area contributed by atoms with Gasteiger partial charge in [-0.15, -0.1) is 0 Å². The Balaban J connectivity index is 1.91. The summed E-state index contributed by atoms with van der Waals surface area (Å²) in [4.78, 5) is 0.525. The van der Waals surface area contributed by atoms with E-state index in [1.807, 2.05) is 30.3 Å². The molecule has 3 nitrogen and oxygen atoms in total. The smallest absolute Gasteiger partial charge is 0.121 e. The number of thiocarbonyl (C=S) groups is 1. The Bertz CT molecular complexity index is 633. The maximum absolute atomic E-state index is 9.40. The molecule has 1 saturated carbocycles. The zero-order valence-corrected chi connectivity index (χ0v) is 13.5. The van der Waals surface area contributed by atoms with Gasteiger partial charge in [-0.2, -0.15) is 5.26 Å². The second-order valence-electron chi connectivity index (χ2n) is 5.71. The largest absolute Gasteiger partial charge is 0.360 e. The molecule has 2 aliphatic rings. The number of hydrogen-bond donors (Lipinski definition) is 2. The van der Waals surface area contributed by atoms with Crippen molar-refractivity contribution in [2.75, 3.05) is 5.32 Å². The van der Waals surface area contributed by atoms with Crippen LogP contribution in [0.3, 0.4) is 0 Å². The van der Waals surface area contributed by atoms with Gasteiger partial charge in [0.1, 0.15) is 16.6 Å². The summed E-state index contributed by atoms with van der Waals surface area (Å²) in [6, 6.07) is 12.2. The number of para-hydroxylation sites is 1. The number of anilines is 1. The van der Waals surface area contributed by atoms with Crippen molar-refractivity contribution in [2.24, 2.45) is 5.92 Å². The predicted molar refractivity (Wildman–Crippen MR) is 91.8 cm³/mol. The minimum atomic E-state index is -0.0477. The van der Waals surface area contributed by atoms with Crippen molar-refractivity contribution in [1.82, 2.24) is 5.32 Å². The highest BCUT2D eigenvalue weighted by Crippen LogP contribution is 2.48. The quantitative estimate of drug-likeness (QED) is 0.807. The van der Waals surface area contributed by atoms with Gasteiger partial charge in [0.2, 0.25) is 0 Å². The normalized spacial score (nSPS) is 28.4. The van der Waals surface area contributed by atoms with Crippen LogP contribution in [0.25, 0.3) is 0 Å². The Morgan fingerprint density at radius 1 is 1.43 bits per heavy atom. The van der Waals surface area contributed by atoms with Crippen molar-refractivity contribution < 1.29 is 0 Å². The van der Waals surface area contributed by atoms with Crippen molar-refractivity contribution in [3.8, 4) is 6.07 Å². The summed E-state index contributed by atoms with van der Waals surface area (Å²) in [7, 11) is 0. The standard InChI is InChI=1S/C16H17N3S2/c1-11-7-8-16(9-11)19-14(20)13(10-17)15(21-16)18-12-5-3-2-4-6-12/h2-6,11,18H,7-9H2,1H3,(H,19,20). The van der Waals surface area contributed by atoms with Gasteiger partial charge in [-0.3, -0.25) is 0 Å². The minimum Gasteiger partial charge on any atom is -0.360 e. The van der Waals surface area contributed by atoms with Gasteiger partial charge >= 0.3 is 0 Å². The first-order valence-electron chi connectivity index (χ1n) is 7.10. The summed E-state index contributed by atoms with van der Waals surface area (Å²) in [6.45, 7) is 2.27. The van der Waals surface area contributed by atoms with Crippen molar-refractivity contribution in [3.63, 3.8) is 0 Å². The van der Waals surface area contributed by atoms with Crippen LogP contribution in [0.4, 0.5) is 5.69 Å². The van der Waals surface area contributed by atoms with Crippen molar-refractivity contribution in [1.29, 1.82) is 5.26 Å². The third-order valence-electron chi connectivity index (χ3n) is 3.96. The molecule has 1 heterocycles. The monoisotopic (exact) mass is 315 g/mol. The van der Waals surface area contributed by atoms with E-state index in [4.69, 9.17) is 12.2 Å². The maximum Gasteiger partial charge on any atom is 0.121 e. The van der Waals surface area contributed by atoms with Gasteiger partial charge < -0.3 is 10.6 Å². The zero-order valence-electron chi connectivity index (χ0n) is 11.8. The van der Waals surface area contributed by atoms with E-state index in [-0.39, 0.29) is 4.87 Å². The lowest BCUT2D eigenvalue weighted by molar-refractivity contribution is 0.535. The highest BCUT2D eigenvalue weighted by molar-refractivity contribution is 8.04. The molecule has 0 bridgehead atoms. The van der Waals surface area contributed by atoms with E-state index in [1.54, 1.807) is 11.8 Å². The number of nitrogens with one attached hydrogen (secondary N) is 2. The van der Waals surface area contributed by atoms with Crippen LogP contribution in [0.15, 0.2) is 40.9 Å². The van der Waals surface area contributed by atoms with E-state index in [9.17, 15) is 5.26 Å². The molecule has 5 heteroatoms. The molecule has 3 rings (SSSR count). The fourth-order valence-corrected chi connectivity index (χ4v) is 4.96. The summed E-state index contributed by atoms with van der Waals surface area (Å²) in [5.74, 6) is 0.689. The Labute approximate surface area is 134 Å². The summed E-state index contributed by atoms with van der Waals surface area (Å²) >= 11 is 7.15. The molecular formula is C16H17N3S2. The van der Waals surface area contributed by atoms with Crippen LogP contribution in [-0.4, -0.2) is 9.86 Å². The molecule has 1 aliphatic carbocycles. The lowest BCUT2D eigenvalue weighted by Gasteiger charge is -2.36. The average molecular weight is 315 g/mol. The molecule has 0 aromatic heterocycles. The average Bonchev–Trinajstić information content (AvgIpc) is 2.80. The second kappa shape index (κ2) is 5.70. The molecule has 1 aromatic rings. The van der Waals surface area contributed by atoms with E-state index in [0.29, 0.717) is 16.5 Å². The highest BCUT2D eigenvalue weighted by Gasteiger charge is 2.43. The van der Waals surface area contributed by atoms with Crippen molar-refractivity contribution in [2.45, 2.75) is 31.1 Å². The number of nitrogens with zero attached hydrogens (tertiary/aromatic N) is 1. The van der Waals surface area contributed by atoms with Crippen LogP contribution in [0.1, 0.15) is 26.2 Å².